The fourth-order valence-electron chi connectivity index (χ4n) is 2.65. The summed E-state index contributed by atoms with van der Waals surface area (Å²) in [4.78, 5) is 21.8. The van der Waals surface area contributed by atoms with E-state index in [4.69, 9.17) is 5.11 Å². The molecular formula is C10H11O4-. The minimum absolute atomic E-state index is 0.125. The molecule has 0 saturated heterocycles. The van der Waals surface area contributed by atoms with Crippen LogP contribution in [0.3, 0.4) is 0 Å². The predicted molar refractivity (Wildman–Crippen MR) is 45.0 cm³/mol. The van der Waals surface area contributed by atoms with Gasteiger partial charge in [-0.1, -0.05) is 12.2 Å². The molecule has 1 saturated carbocycles. The Labute approximate surface area is 81.2 Å². The molecule has 4 heteroatoms. The van der Waals surface area contributed by atoms with Crippen LogP contribution in [0.15, 0.2) is 12.2 Å². The SMILES string of the molecule is O=C([O-])C1C2C=CC(CC2)C1C(=O)O. The molecule has 0 aromatic carbocycles. The van der Waals surface area contributed by atoms with Gasteiger partial charge in [-0.05, 0) is 24.7 Å². The second-order valence-corrected chi connectivity index (χ2v) is 4.00. The quantitative estimate of drug-likeness (QED) is 0.611. The first-order valence-electron chi connectivity index (χ1n) is 4.73. The number of aliphatic carboxylic acids is 2. The fourth-order valence-corrected chi connectivity index (χ4v) is 2.65. The normalized spacial score (nSPS) is 39.7. The fraction of sp³-hybridized carbons (Fsp3) is 0.600. The summed E-state index contributed by atoms with van der Waals surface area (Å²) in [5.41, 5.74) is 0. The first kappa shape index (κ1) is 9.24. The maximum Gasteiger partial charge on any atom is 0.307 e. The molecule has 2 bridgehead atoms. The van der Waals surface area contributed by atoms with E-state index in [-0.39, 0.29) is 11.8 Å². The first-order chi connectivity index (χ1) is 6.61. The third kappa shape index (κ3) is 1.22. The van der Waals surface area contributed by atoms with Crippen molar-refractivity contribution in [1.29, 1.82) is 0 Å². The van der Waals surface area contributed by atoms with Crippen molar-refractivity contribution in [2.45, 2.75) is 12.8 Å². The minimum Gasteiger partial charge on any atom is -0.550 e. The average molecular weight is 195 g/mol. The van der Waals surface area contributed by atoms with Gasteiger partial charge in [-0.25, -0.2) is 0 Å². The number of fused-ring (bicyclic) bond motifs is 2. The molecule has 14 heavy (non-hydrogen) atoms. The summed E-state index contributed by atoms with van der Waals surface area (Å²) in [6.07, 6.45) is 5.21. The number of hydrogen-bond donors (Lipinski definition) is 1. The average Bonchev–Trinajstić information content (AvgIpc) is 2.17. The highest BCUT2D eigenvalue weighted by atomic mass is 16.4. The van der Waals surface area contributed by atoms with Crippen LogP contribution >= 0.6 is 0 Å². The maximum absolute atomic E-state index is 10.9. The zero-order valence-corrected chi connectivity index (χ0v) is 7.55. The molecule has 0 aromatic heterocycles. The molecule has 0 amide bonds. The Morgan fingerprint density at radius 3 is 1.93 bits per heavy atom. The van der Waals surface area contributed by atoms with E-state index in [0.717, 1.165) is 12.8 Å². The van der Waals surface area contributed by atoms with Gasteiger partial charge in [-0.15, -0.1) is 0 Å². The Hall–Kier alpha value is -1.32. The lowest BCUT2D eigenvalue weighted by atomic mass is 9.62. The molecule has 4 nitrogen and oxygen atoms in total. The third-order valence-corrected chi connectivity index (χ3v) is 3.31. The number of allylic oxidation sites excluding steroid dienone is 2. The van der Waals surface area contributed by atoms with E-state index in [9.17, 15) is 14.7 Å². The van der Waals surface area contributed by atoms with Crippen LogP contribution in [0.25, 0.3) is 0 Å². The highest BCUT2D eigenvalue weighted by Crippen LogP contribution is 2.44. The lowest BCUT2D eigenvalue weighted by Gasteiger charge is -2.43. The molecule has 3 aliphatic carbocycles. The number of hydrogen-bond acceptors (Lipinski definition) is 3. The molecule has 0 aromatic rings. The summed E-state index contributed by atoms with van der Waals surface area (Å²) in [7, 11) is 0. The van der Waals surface area contributed by atoms with Gasteiger partial charge in [-0.2, -0.15) is 0 Å². The van der Waals surface area contributed by atoms with Gasteiger partial charge in [0.1, 0.15) is 0 Å². The topological polar surface area (TPSA) is 77.4 Å². The van der Waals surface area contributed by atoms with Crippen molar-refractivity contribution >= 4 is 11.9 Å². The van der Waals surface area contributed by atoms with Crippen molar-refractivity contribution in [1.82, 2.24) is 0 Å². The van der Waals surface area contributed by atoms with Crippen LogP contribution in [0.4, 0.5) is 0 Å². The Balaban J connectivity index is 2.33. The largest absolute Gasteiger partial charge is 0.550 e. The van der Waals surface area contributed by atoms with Gasteiger partial charge in [0.15, 0.2) is 0 Å². The highest BCUT2D eigenvalue weighted by Gasteiger charge is 2.45. The van der Waals surface area contributed by atoms with E-state index in [1.807, 2.05) is 12.2 Å². The van der Waals surface area contributed by atoms with Gasteiger partial charge in [0.25, 0.3) is 0 Å². The summed E-state index contributed by atoms with van der Waals surface area (Å²) in [6, 6.07) is 0. The second kappa shape index (κ2) is 3.12. The molecule has 76 valence electrons. The van der Waals surface area contributed by atoms with E-state index in [1.54, 1.807) is 0 Å². The van der Waals surface area contributed by atoms with Crippen LogP contribution in [0, 0.1) is 23.7 Å². The number of carboxylic acids is 2. The Bertz CT molecular complexity index is 277. The van der Waals surface area contributed by atoms with E-state index in [0.29, 0.717) is 0 Å². The molecule has 1 N–H and O–H groups in total. The molecule has 1 fully saturated rings. The van der Waals surface area contributed by atoms with Crippen molar-refractivity contribution in [3.8, 4) is 0 Å². The van der Waals surface area contributed by atoms with Crippen LogP contribution in [0.2, 0.25) is 0 Å². The Morgan fingerprint density at radius 1 is 1.14 bits per heavy atom. The smallest absolute Gasteiger partial charge is 0.307 e. The summed E-state index contributed by atoms with van der Waals surface area (Å²) in [5, 5.41) is 19.8. The van der Waals surface area contributed by atoms with Crippen LogP contribution in [0.5, 0.6) is 0 Å². The van der Waals surface area contributed by atoms with Gasteiger partial charge in [0.05, 0.1) is 5.92 Å². The summed E-state index contributed by atoms with van der Waals surface area (Å²) in [6.45, 7) is 0. The molecule has 0 spiro atoms. The van der Waals surface area contributed by atoms with Gasteiger partial charge < -0.3 is 15.0 Å². The predicted octanol–water partition coefficient (Wildman–Crippen LogP) is -0.351. The molecule has 4 unspecified atom stereocenters. The van der Waals surface area contributed by atoms with Crippen LogP contribution < -0.4 is 5.11 Å². The van der Waals surface area contributed by atoms with Crippen molar-refractivity contribution in [2.24, 2.45) is 23.7 Å². The number of rotatable bonds is 2. The van der Waals surface area contributed by atoms with Crippen molar-refractivity contribution in [3.63, 3.8) is 0 Å². The zero-order valence-electron chi connectivity index (χ0n) is 7.55. The monoisotopic (exact) mass is 195 g/mol. The van der Waals surface area contributed by atoms with Crippen LogP contribution in [0.1, 0.15) is 12.8 Å². The molecule has 3 rings (SSSR count). The lowest BCUT2D eigenvalue weighted by molar-refractivity contribution is -0.316. The zero-order chi connectivity index (χ0) is 10.3. The minimum atomic E-state index is -1.23. The van der Waals surface area contributed by atoms with E-state index >= 15 is 0 Å². The van der Waals surface area contributed by atoms with E-state index in [2.05, 4.69) is 0 Å². The number of carboxylic acid groups (broad SMARTS) is 2. The van der Waals surface area contributed by atoms with Crippen molar-refractivity contribution in [3.05, 3.63) is 12.2 Å². The molecule has 0 radical (unpaired) electrons. The van der Waals surface area contributed by atoms with Gasteiger partial charge in [0.2, 0.25) is 0 Å². The van der Waals surface area contributed by atoms with Gasteiger partial charge >= 0.3 is 5.97 Å². The molecule has 4 atom stereocenters. The van der Waals surface area contributed by atoms with Gasteiger partial charge in [-0.3, -0.25) is 4.79 Å². The number of carbonyl (C=O) groups excluding carboxylic acids is 1. The van der Waals surface area contributed by atoms with E-state index in [1.165, 1.54) is 0 Å². The molecule has 0 heterocycles. The van der Waals surface area contributed by atoms with Crippen LogP contribution in [-0.2, 0) is 9.59 Å². The van der Waals surface area contributed by atoms with E-state index < -0.39 is 23.8 Å². The Kier molecular flexibility index (Phi) is 2.06. The summed E-state index contributed by atoms with van der Waals surface area (Å²) < 4.78 is 0. The lowest BCUT2D eigenvalue weighted by Crippen LogP contribution is -2.49. The summed E-state index contributed by atoms with van der Waals surface area (Å²) >= 11 is 0. The standard InChI is InChI=1S/C10H12O4/c11-9(12)7-5-1-2-6(4-3-5)8(7)10(13)14/h1-2,5-8H,3-4H2,(H,11,12)(H,13,14)/p-1. The first-order valence-corrected chi connectivity index (χ1v) is 4.73. The number of carbonyl (C=O) groups is 2. The third-order valence-electron chi connectivity index (χ3n) is 3.31. The van der Waals surface area contributed by atoms with Crippen molar-refractivity contribution in [2.75, 3.05) is 0 Å². The molecular weight excluding hydrogens is 184 g/mol. The maximum atomic E-state index is 10.9. The summed E-state index contributed by atoms with van der Waals surface area (Å²) in [5.74, 6) is -4.14. The highest BCUT2D eigenvalue weighted by molar-refractivity contribution is 5.80. The van der Waals surface area contributed by atoms with Crippen molar-refractivity contribution < 1.29 is 19.8 Å². The van der Waals surface area contributed by atoms with Crippen LogP contribution in [-0.4, -0.2) is 17.0 Å². The molecule has 0 aliphatic heterocycles. The Morgan fingerprint density at radius 2 is 1.64 bits per heavy atom. The second-order valence-electron chi connectivity index (χ2n) is 4.00. The van der Waals surface area contributed by atoms with Gasteiger partial charge in [0, 0.05) is 11.9 Å². The molecule has 3 aliphatic rings.